The second kappa shape index (κ2) is 6.18. The Morgan fingerprint density at radius 2 is 1.94 bits per heavy atom. The highest BCUT2D eigenvalue weighted by molar-refractivity contribution is 5.84. The fraction of sp³-hybridized carbons (Fsp3) is 0.909. The van der Waals surface area contributed by atoms with Crippen LogP contribution in [0.15, 0.2) is 0 Å². The number of carbonyl (C=O) groups is 1. The van der Waals surface area contributed by atoms with Crippen LogP contribution in [0, 0.1) is 0 Å². The van der Waals surface area contributed by atoms with Crippen molar-refractivity contribution in [2.45, 2.75) is 51.7 Å². The van der Waals surface area contributed by atoms with Gasteiger partial charge < -0.3 is 9.47 Å². The number of nitrogens with two attached hydrogens (primary N) is 1. The van der Waals surface area contributed by atoms with E-state index < -0.39 is 5.60 Å². The van der Waals surface area contributed by atoms with Crippen LogP contribution in [0.4, 0.5) is 0 Å². The number of hydrogen-bond donors (Lipinski definition) is 2. The number of ether oxygens (including phenoxy) is 2. The second-order valence-electron chi connectivity index (χ2n) is 4.62. The third kappa shape index (κ3) is 4.47. The highest BCUT2D eigenvalue weighted by Crippen LogP contribution is 2.19. The molecule has 1 amide bonds. The average molecular weight is 232 g/mol. The molecule has 96 valence electrons. The van der Waals surface area contributed by atoms with Crippen molar-refractivity contribution in [1.29, 1.82) is 0 Å². The molecule has 0 aromatic rings. The number of hydrazine groups is 1. The number of carbonyl (C=O) groups excluding carboxylic acids is 1. The first kappa shape index (κ1) is 15.3. The van der Waals surface area contributed by atoms with Gasteiger partial charge in [0.1, 0.15) is 5.60 Å². The van der Waals surface area contributed by atoms with Crippen molar-refractivity contribution in [3.05, 3.63) is 0 Å². The molecule has 0 saturated carbocycles. The van der Waals surface area contributed by atoms with Crippen molar-refractivity contribution >= 4 is 5.91 Å². The molecule has 3 N–H and O–H groups in total. The molecule has 0 saturated heterocycles. The minimum absolute atomic E-state index is 0.242. The summed E-state index contributed by atoms with van der Waals surface area (Å²) in [4.78, 5) is 11.5. The van der Waals surface area contributed by atoms with E-state index in [4.69, 9.17) is 15.3 Å². The van der Waals surface area contributed by atoms with Crippen LogP contribution in [0.1, 0.15) is 40.5 Å². The molecule has 0 aliphatic carbocycles. The van der Waals surface area contributed by atoms with E-state index in [1.54, 1.807) is 14.0 Å². The molecule has 1 atom stereocenters. The molecule has 0 rings (SSSR count). The standard InChI is InChI=1S/C11H24N2O3/c1-6-11(4,9(14)13-12)16-8-7-10(2,3)15-5/h6-8,12H2,1-5H3,(H,13,14). The fourth-order valence-electron chi connectivity index (χ4n) is 1.10. The molecule has 0 heterocycles. The van der Waals surface area contributed by atoms with Crippen LogP contribution in [0.2, 0.25) is 0 Å². The number of methoxy groups -OCH3 is 1. The molecule has 0 aliphatic rings. The van der Waals surface area contributed by atoms with Crippen molar-refractivity contribution in [1.82, 2.24) is 5.43 Å². The van der Waals surface area contributed by atoms with Crippen LogP contribution in [0.3, 0.4) is 0 Å². The normalized spacial score (nSPS) is 15.6. The minimum Gasteiger partial charge on any atom is -0.379 e. The zero-order valence-corrected chi connectivity index (χ0v) is 10.9. The van der Waals surface area contributed by atoms with Gasteiger partial charge in [0.2, 0.25) is 0 Å². The zero-order valence-electron chi connectivity index (χ0n) is 10.9. The smallest absolute Gasteiger partial charge is 0.265 e. The maximum atomic E-state index is 11.5. The van der Waals surface area contributed by atoms with Crippen molar-refractivity contribution in [3.8, 4) is 0 Å². The van der Waals surface area contributed by atoms with Gasteiger partial charge >= 0.3 is 0 Å². The summed E-state index contributed by atoms with van der Waals surface area (Å²) >= 11 is 0. The first-order valence-corrected chi connectivity index (χ1v) is 5.51. The number of amides is 1. The van der Waals surface area contributed by atoms with Crippen LogP contribution in [-0.2, 0) is 14.3 Å². The third-order valence-corrected chi connectivity index (χ3v) is 2.96. The Morgan fingerprint density at radius 1 is 1.38 bits per heavy atom. The van der Waals surface area contributed by atoms with Crippen LogP contribution in [0.25, 0.3) is 0 Å². The summed E-state index contributed by atoms with van der Waals surface area (Å²) < 4.78 is 10.9. The van der Waals surface area contributed by atoms with E-state index in [0.29, 0.717) is 13.0 Å². The molecule has 5 heteroatoms. The van der Waals surface area contributed by atoms with E-state index in [-0.39, 0.29) is 11.5 Å². The van der Waals surface area contributed by atoms with Crippen LogP contribution in [0.5, 0.6) is 0 Å². The van der Waals surface area contributed by atoms with Crippen LogP contribution < -0.4 is 11.3 Å². The van der Waals surface area contributed by atoms with Gasteiger partial charge in [-0.1, -0.05) is 6.92 Å². The average Bonchev–Trinajstić information content (AvgIpc) is 2.27. The molecular formula is C11H24N2O3. The molecule has 0 radical (unpaired) electrons. The zero-order chi connectivity index (χ0) is 12.8. The largest absolute Gasteiger partial charge is 0.379 e. The third-order valence-electron chi connectivity index (χ3n) is 2.96. The summed E-state index contributed by atoms with van der Waals surface area (Å²) in [6.07, 6.45) is 1.29. The van der Waals surface area contributed by atoms with E-state index in [1.165, 1.54) is 0 Å². The lowest BCUT2D eigenvalue weighted by Gasteiger charge is -2.29. The summed E-state index contributed by atoms with van der Waals surface area (Å²) in [6, 6.07) is 0. The van der Waals surface area contributed by atoms with Crippen LogP contribution >= 0.6 is 0 Å². The molecule has 16 heavy (non-hydrogen) atoms. The van der Waals surface area contributed by atoms with Crippen LogP contribution in [-0.4, -0.2) is 30.8 Å². The van der Waals surface area contributed by atoms with Gasteiger partial charge in [-0.05, 0) is 33.6 Å². The number of nitrogens with one attached hydrogen (secondary N) is 1. The predicted molar refractivity (Wildman–Crippen MR) is 62.7 cm³/mol. The van der Waals surface area contributed by atoms with E-state index in [9.17, 15) is 4.79 Å². The van der Waals surface area contributed by atoms with Crippen molar-refractivity contribution in [2.24, 2.45) is 5.84 Å². The first-order chi connectivity index (χ1) is 7.31. The molecule has 5 nitrogen and oxygen atoms in total. The number of rotatable bonds is 7. The summed E-state index contributed by atoms with van der Waals surface area (Å²) in [5.41, 5.74) is 1.02. The second-order valence-corrected chi connectivity index (χ2v) is 4.62. The summed E-state index contributed by atoms with van der Waals surface area (Å²) in [5, 5.41) is 0. The van der Waals surface area contributed by atoms with Gasteiger partial charge in [-0.25, -0.2) is 5.84 Å². The SMILES string of the molecule is CCC(C)(OCCC(C)(C)OC)C(=O)NN. The maximum absolute atomic E-state index is 11.5. The van der Waals surface area contributed by atoms with E-state index in [2.05, 4.69) is 5.43 Å². The first-order valence-electron chi connectivity index (χ1n) is 5.51. The van der Waals surface area contributed by atoms with Gasteiger partial charge in [0, 0.05) is 7.11 Å². The molecule has 0 fully saturated rings. The molecule has 0 aromatic heterocycles. The Labute approximate surface area is 97.6 Å². The Bertz CT molecular complexity index is 231. The molecule has 0 aromatic carbocycles. The van der Waals surface area contributed by atoms with Gasteiger partial charge in [0.25, 0.3) is 5.91 Å². The molecule has 0 bridgehead atoms. The van der Waals surface area contributed by atoms with Crippen molar-refractivity contribution in [3.63, 3.8) is 0 Å². The molecular weight excluding hydrogens is 208 g/mol. The quantitative estimate of drug-likeness (QED) is 0.390. The van der Waals surface area contributed by atoms with Gasteiger partial charge in [-0.3, -0.25) is 10.2 Å². The lowest BCUT2D eigenvalue weighted by atomic mass is 10.0. The molecule has 1 unspecified atom stereocenters. The van der Waals surface area contributed by atoms with Gasteiger partial charge in [0.05, 0.1) is 12.2 Å². The lowest BCUT2D eigenvalue weighted by molar-refractivity contribution is -0.147. The Morgan fingerprint density at radius 3 is 2.31 bits per heavy atom. The van der Waals surface area contributed by atoms with Gasteiger partial charge in [-0.15, -0.1) is 0 Å². The van der Waals surface area contributed by atoms with Gasteiger partial charge in [-0.2, -0.15) is 0 Å². The maximum Gasteiger partial charge on any atom is 0.265 e. The summed E-state index contributed by atoms with van der Waals surface area (Å²) in [5.74, 6) is 4.81. The highest BCUT2D eigenvalue weighted by atomic mass is 16.5. The molecule has 0 spiro atoms. The van der Waals surface area contributed by atoms with E-state index in [0.717, 1.165) is 6.42 Å². The number of hydrogen-bond acceptors (Lipinski definition) is 4. The Kier molecular flexibility index (Phi) is 5.92. The highest BCUT2D eigenvalue weighted by Gasteiger charge is 2.32. The molecule has 0 aliphatic heterocycles. The van der Waals surface area contributed by atoms with Crippen molar-refractivity contribution < 1.29 is 14.3 Å². The summed E-state index contributed by atoms with van der Waals surface area (Å²) in [7, 11) is 1.66. The van der Waals surface area contributed by atoms with Crippen molar-refractivity contribution in [2.75, 3.05) is 13.7 Å². The lowest BCUT2D eigenvalue weighted by Crippen LogP contribution is -2.49. The van der Waals surface area contributed by atoms with Gasteiger partial charge in [0.15, 0.2) is 0 Å². The fourth-order valence-corrected chi connectivity index (χ4v) is 1.10. The van der Waals surface area contributed by atoms with E-state index >= 15 is 0 Å². The van der Waals surface area contributed by atoms with E-state index in [1.807, 2.05) is 20.8 Å². The monoisotopic (exact) mass is 232 g/mol. The topological polar surface area (TPSA) is 73.6 Å². The Hall–Kier alpha value is -0.650. The Balaban J connectivity index is 4.21. The minimum atomic E-state index is -0.863. The summed E-state index contributed by atoms with van der Waals surface area (Å²) in [6.45, 7) is 8.02. The predicted octanol–water partition coefficient (Wildman–Crippen LogP) is 0.977.